The van der Waals surface area contributed by atoms with E-state index in [1.165, 1.54) is 25.7 Å². The second-order valence-electron chi connectivity index (χ2n) is 5.38. The Morgan fingerprint density at radius 1 is 1.12 bits per heavy atom. The lowest BCUT2D eigenvalue weighted by Crippen LogP contribution is -2.31. The van der Waals surface area contributed by atoms with Crippen molar-refractivity contribution in [3.8, 4) is 0 Å². The highest BCUT2D eigenvalue weighted by atomic mass is 35.5. The monoisotopic (exact) mass is 244 g/mol. The molecule has 2 atom stereocenters. The molecular weight excluding hydrogens is 224 g/mol. The van der Waals surface area contributed by atoms with Crippen LogP contribution in [0.15, 0.2) is 0 Å². The summed E-state index contributed by atoms with van der Waals surface area (Å²) in [5, 5.41) is 6.51. The molecule has 0 spiro atoms. The zero-order valence-corrected chi connectivity index (χ0v) is 10.4. The van der Waals surface area contributed by atoms with Gasteiger partial charge in [0, 0.05) is 12.0 Å². The van der Waals surface area contributed by atoms with Crippen molar-refractivity contribution >= 4 is 18.3 Å². The SMILES string of the molecule is Cl.O=C(NC1CC1)[C@@H]1C[C@H]1C1CCNCC1. The normalized spacial score (nSPS) is 34.0. The Kier molecular flexibility index (Phi) is 3.75. The smallest absolute Gasteiger partial charge is 0.223 e. The van der Waals surface area contributed by atoms with Crippen molar-refractivity contribution in [1.82, 2.24) is 10.6 Å². The zero-order valence-electron chi connectivity index (χ0n) is 9.58. The number of rotatable bonds is 3. The minimum absolute atomic E-state index is 0. The van der Waals surface area contributed by atoms with E-state index in [-0.39, 0.29) is 12.4 Å². The van der Waals surface area contributed by atoms with Crippen molar-refractivity contribution in [1.29, 1.82) is 0 Å². The summed E-state index contributed by atoms with van der Waals surface area (Å²) < 4.78 is 0. The summed E-state index contributed by atoms with van der Waals surface area (Å²) in [7, 11) is 0. The van der Waals surface area contributed by atoms with E-state index >= 15 is 0 Å². The van der Waals surface area contributed by atoms with Crippen molar-refractivity contribution in [2.45, 2.75) is 38.1 Å². The van der Waals surface area contributed by atoms with Gasteiger partial charge in [0.2, 0.25) is 5.91 Å². The summed E-state index contributed by atoms with van der Waals surface area (Å²) in [6.07, 6.45) is 6.12. The van der Waals surface area contributed by atoms with Crippen LogP contribution >= 0.6 is 12.4 Å². The molecule has 1 saturated heterocycles. The zero-order chi connectivity index (χ0) is 10.3. The Bertz CT molecular complexity index is 262. The standard InChI is InChI=1S/C12H20N2O.ClH/c15-12(14-9-1-2-9)11-7-10(11)8-3-5-13-6-4-8;/h8-11,13H,1-7H2,(H,14,15);1H/t10-,11+;/m0./s1. The van der Waals surface area contributed by atoms with Gasteiger partial charge < -0.3 is 10.6 Å². The molecule has 16 heavy (non-hydrogen) atoms. The number of carbonyl (C=O) groups is 1. The summed E-state index contributed by atoms with van der Waals surface area (Å²) in [6, 6.07) is 0.534. The fourth-order valence-electron chi connectivity index (χ4n) is 2.85. The molecule has 2 saturated carbocycles. The summed E-state index contributed by atoms with van der Waals surface area (Å²) >= 11 is 0. The molecule has 3 aliphatic rings. The molecule has 0 aromatic rings. The van der Waals surface area contributed by atoms with E-state index < -0.39 is 0 Å². The topological polar surface area (TPSA) is 41.1 Å². The average Bonchev–Trinajstić information content (AvgIpc) is 3.13. The molecule has 3 nitrogen and oxygen atoms in total. The van der Waals surface area contributed by atoms with Gasteiger partial charge in [-0.3, -0.25) is 4.79 Å². The fraction of sp³-hybridized carbons (Fsp3) is 0.917. The Morgan fingerprint density at radius 2 is 1.81 bits per heavy atom. The van der Waals surface area contributed by atoms with E-state index in [9.17, 15) is 4.79 Å². The lowest BCUT2D eigenvalue weighted by atomic mass is 9.92. The average molecular weight is 245 g/mol. The number of amides is 1. The van der Waals surface area contributed by atoms with Crippen LogP contribution in [0.1, 0.15) is 32.1 Å². The van der Waals surface area contributed by atoms with Crippen molar-refractivity contribution in [2.24, 2.45) is 17.8 Å². The second-order valence-corrected chi connectivity index (χ2v) is 5.38. The molecule has 0 unspecified atom stereocenters. The fourth-order valence-corrected chi connectivity index (χ4v) is 2.85. The maximum Gasteiger partial charge on any atom is 0.223 e. The highest BCUT2D eigenvalue weighted by Crippen LogP contribution is 2.47. The third kappa shape index (κ3) is 2.69. The minimum atomic E-state index is 0. The number of carbonyl (C=O) groups excluding carboxylic acids is 1. The predicted molar refractivity (Wildman–Crippen MR) is 65.6 cm³/mol. The molecule has 1 amide bonds. The largest absolute Gasteiger partial charge is 0.353 e. The molecule has 4 heteroatoms. The number of hydrogen-bond acceptors (Lipinski definition) is 2. The number of nitrogens with one attached hydrogen (secondary N) is 2. The first-order valence-corrected chi connectivity index (χ1v) is 6.35. The third-order valence-electron chi connectivity index (χ3n) is 4.09. The van der Waals surface area contributed by atoms with Gasteiger partial charge in [0.15, 0.2) is 0 Å². The first-order chi connectivity index (χ1) is 7.34. The van der Waals surface area contributed by atoms with Gasteiger partial charge in [0.25, 0.3) is 0 Å². The molecule has 1 heterocycles. The molecule has 3 fully saturated rings. The Labute approximate surface area is 103 Å². The molecule has 2 aliphatic carbocycles. The first-order valence-electron chi connectivity index (χ1n) is 6.35. The van der Waals surface area contributed by atoms with Gasteiger partial charge in [-0.15, -0.1) is 12.4 Å². The first kappa shape index (κ1) is 12.2. The molecule has 0 aromatic heterocycles. The lowest BCUT2D eigenvalue weighted by molar-refractivity contribution is -0.122. The second kappa shape index (κ2) is 4.92. The van der Waals surface area contributed by atoms with Crippen molar-refractivity contribution in [3.05, 3.63) is 0 Å². The van der Waals surface area contributed by atoms with Crippen LogP contribution in [0, 0.1) is 17.8 Å². The molecule has 1 aliphatic heterocycles. The van der Waals surface area contributed by atoms with Gasteiger partial charge in [-0.2, -0.15) is 0 Å². The van der Waals surface area contributed by atoms with Crippen LogP contribution in [0.25, 0.3) is 0 Å². The summed E-state index contributed by atoms with van der Waals surface area (Å²) in [6.45, 7) is 2.30. The third-order valence-corrected chi connectivity index (χ3v) is 4.09. The van der Waals surface area contributed by atoms with Crippen LogP contribution in [0.3, 0.4) is 0 Å². The van der Waals surface area contributed by atoms with Gasteiger partial charge in [0.05, 0.1) is 0 Å². The van der Waals surface area contributed by atoms with E-state index in [1.807, 2.05) is 0 Å². The highest BCUT2D eigenvalue weighted by Gasteiger charge is 2.48. The molecule has 92 valence electrons. The van der Waals surface area contributed by atoms with Crippen LogP contribution in [0.4, 0.5) is 0 Å². The maximum atomic E-state index is 11.8. The quantitative estimate of drug-likeness (QED) is 0.786. The summed E-state index contributed by atoms with van der Waals surface area (Å²) in [4.78, 5) is 11.8. The Hall–Kier alpha value is -0.280. The molecular formula is C12H21ClN2O. The van der Waals surface area contributed by atoms with Crippen LogP contribution in [0.5, 0.6) is 0 Å². The van der Waals surface area contributed by atoms with E-state index in [0.29, 0.717) is 23.8 Å². The lowest BCUT2D eigenvalue weighted by Gasteiger charge is -2.22. The van der Waals surface area contributed by atoms with E-state index in [1.54, 1.807) is 0 Å². The van der Waals surface area contributed by atoms with Crippen LogP contribution in [-0.2, 0) is 4.79 Å². The Morgan fingerprint density at radius 3 is 2.44 bits per heavy atom. The van der Waals surface area contributed by atoms with Gasteiger partial charge in [-0.05, 0) is 57.0 Å². The number of halogens is 1. The number of piperidine rings is 1. The molecule has 0 aromatic carbocycles. The van der Waals surface area contributed by atoms with E-state index in [2.05, 4.69) is 10.6 Å². The predicted octanol–water partition coefficient (Wildman–Crippen LogP) is 1.32. The van der Waals surface area contributed by atoms with E-state index in [4.69, 9.17) is 0 Å². The molecule has 2 N–H and O–H groups in total. The van der Waals surface area contributed by atoms with Gasteiger partial charge in [0.1, 0.15) is 0 Å². The van der Waals surface area contributed by atoms with Crippen LogP contribution < -0.4 is 10.6 Å². The molecule has 0 bridgehead atoms. The molecule has 0 radical (unpaired) electrons. The minimum Gasteiger partial charge on any atom is -0.353 e. The summed E-state index contributed by atoms with van der Waals surface area (Å²) in [5.74, 6) is 2.25. The van der Waals surface area contributed by atoms with Crippen LogP contribution in [-0.4, -0.2) is 25.0 Å². The summed E-state index contributed by atoms with van der Waals surface area (Å²) in [5.41, 5.74) is 0. The Balaban J connectivity index is 0.000000963. The van der Waals surface area contributed by atoms with Gasteiger partial charge in [-0.25, -0.2) is 0 Å². The van der Waals surface area contributed by atoms with Gasteiger partial charge >= 0.3 is 0 Å². The van der Waals surface area contributed by atoms with E-state index in [0.717, 1.165) is 25.4 Å². The van der Waals surface area contributed by atoms with Crippen LogP contribution in [0.2, 0.25) is 0 Å². The maximum absolute atomic E-state index is 11.8. The van der Waals surface area contributed by atoms with Crippen molar-refractivity contribution in [2.75, 3.05) is 13.1 Å². The van der Waals surface area contributed by atoms with Gasteiger partial charge in [-0.1, -0.05) is 0 Å². The van der Waals surface area contributed by atoms with Crippen molar-refractivity contribution in [3.63, 3.8) is 0 Å². The molecule has 3 rings (SSSR count). The highest BCUT2D eigenvalue weighted by molar-refractivity contribution is 5.85. The number of hydrogen-bond donors (Lipinski definition) is 2. The van der Waals surface area contributed by atoms with Crippen molar-refractivity contribution < 1.29 is 4.79 Å².